The minimum absolute atomic E-state index is 0.0657. The van der Waals surface area contributed by atoms with Gasteiger partial charge in [-0.25, -0.2) is 8.42 Å². The number of hydrogen-bond acceptors (Lipinski definition) is 7. The van der Waals surface area contributed by atoms with E-state index in [9.17, 15) is 18.0 Å². The highest BCUT2D eigenvalue weighted by Crippen LogP contribution is 2.34. The van der Waals surface area contributed by atoms with Crippen molar-refractivity contribution in [2.75, 3.05) is 55.9 Å². The van der Waals surface area contributed by atoms with E-state index in [0.29, 0.717) is 54.8 Å². The van der Waals surface area contributed by atoms with Gasteiger partial charge < -0.3 is 24.8 Å². The van der Waals surface area contributed by atoms with Gasteiger partial charge in [-0.3, -0.25) is 13.9 Å². The topological polar surface area (TPSA) is 123 Å². The SMILES string of the molecule is COCCNC(=O)c1ccccc1NC(=O)CCCN(c1ccc2c(c1)OCCO2)S(C)(=O)=O. The summed E-state index contributed by atoms with van der Waals surface area (Å²) in [5, 5.41) is 5.46. The van der Waals surface area contributed by atoms with E-state index in [1.54, 1.807) is 49.6 Å². The van der Waals surface area contributed by atoms with Gasteiger partial charge in [-0.05, 0) is 30.7 Å². The fraction of sp³-hybridized carbons (Fsp3) is 0.391. The number of hydrogen-bond donors (Lipinski definition) is 2. The maximum atomic E-state index is 12.5. The molecule has 0 saturated carbocycles. The minimum atomic E-state index is -3.59. The lowest BCUT2D eigenvalue weighted by Gasteiger charge is -2.25. The summed E-state index contributed by atoms with van der Waals surface area (Å²) < 4.78 is 42.0. The molecular weight excluding hydrogens is 462 g/mol. The summed E-state index contributed by atoms with van der Waals surface area (Å²) in [5.74, 6) is 0.394. The van der Waals surface area contributed by atoms with Crippen LogP contribution in [-0.4, -0.2) is 66.5 Å². The molecule has 0 aromatic heterocycles. The van der Waals surface area contributed by atoms with Gasteiger partial charge in [0.05, 0.1) is 29.8 Å². The molecule has 1 heterocycles. The number of fused-ring (bicyclic) bond motifs is 1. The highest BCUT2D eigenvalue weighted by molar-refractivity contribution is 7.92. The molecule has 34 heavy (non-hydrogen) atoms. The maximum Gasteiger partial charge on any atom is 0.253 e. The first-order valence-corrected chi connectivity index (χ1v) is 12.7. The average Bonchev–Trinajstić information content (AvgIpc) is 2.81. The van der Waals surface area contributed by atoms with Gasteiger partial charge in [-0.15, -0.1) is 0 Å². The van der Waals surface area contributed by atoms with Crippen molar-refractivity contribution in [2.45, 2.75) is 12.8 Å². The molecule has 0 bridgehead atoms. The summed E-state index contributed by atoms with van der Waals surface area (Å²) in [7, 11) is -2.05. The van der Waals surface area contributed by atoms with Crippen LogP contribution in [0.4, 0.5) is 11.4 Å². The molecule has 0 saturated heterocycles. The van der Waals surface area contributed by atoms with E-state index >= 15 is 0 Å². The number of rotatable bonds is 11. The Morgan fingerprint density at radius 3 is 2.56 bits per heavy atom. The van der Waals surface area contributed by atoms with Crippen LogP contribution in [-0.2, 0) is 19.6 Å². The highest BCUT2D eigenvalue weighted by Gasteiger charge is 2.21. The number of ether oxygens (including phenoxy) is 3. The monoisotopic (exact) mass is 491 g/mol. The molecule has 0 spiro atoms. The normalized spacial score (nSPS) is 12.6. The van der Waals surface area contributed by atoms with Crippen molar-refractivity contribution in [3.05, 3.63) is 48.0 Å². The van der Waals surface area contributed by atoms with E-state index in [4.69, 9.17) is 14.2 Å². The quantitative estimate of drug-likeness (QED) is 0.461. The summed E-state index contributed by atoms with van der Waals surface area (Å²) >= 11 is 0. The summed E-state index contributed by atoms with van der Waals surface area (Å²) in [6.07, 6.45) is 1.45. The standard InChI is InChI=1S/C23H29N3O7S/c1-31-13-11-24-23(28)18-6-3-4-7-19(18)25-22(27)8-5-12-26(34(2,29)30)17-9-10-20-21(16-17)33-15-14-32-20/h3-4,6-7,9-10,16H,5,8,11-15H2,1-2H3,(H,24,28)(H,25,27). The lowest BCUT2D eigenvalue weighted by atomic mass is 10.1. The minimum Gasteiger partial charge on any atom is -0.486 e. The van der Waals surface area contributed by atoms with Crippen LogP contribution < -0.4 is 24.4 Å². The number of para-hydroxylation sites is 1. The molecule has 1 aliphatic rings. The zero-order valence-electron chi connectivity index (χ0n) is 19.2. The van der Waals surface area contributed by atoms with Gasteiger partial charge in [0.25, 0.3) is 5.91 Å². The third-order valence-corrected chi connectivity index (χ3v) is 6.21. The van der Waals surface area contributed by atoms with Gasteiger partial charge in [-0.2, -0.15) is 0 Å². The number of amides is 2. The van der Waals surface area contributed by atoms with Crippen molar-refractivity contribution in [1.82, 2.24) is 5.32 Å². The first-order valence-electron chi connectivity index (χ1n) is 10.8. The molecule has 2 aromatic rings. The predicted octanol–water partition coefficient (Wildman–Crippen LogP) is 2.02. The van der Waals surface area contributed by atoms with Crippen molar-refractivity contribution in [3.63, 3.8) is 0 Å². The second-order valence-electron chi connectivity index (χ2n) is 7.61. The van der Waals surface area contributed by atoms with Crippen LogP contribution in [0.2, 0.25) is 0 Å². The Labute approximate surface area is 199 Å². The number of methoxy groups -OCH3 is 1. The predicted molar refractivity (Wildman–Crippen MR) is 128 cm³/mol. The van der Waals surface area contributed by atoms with Crippen LogP contribution in [0.15, 0.2) is 42.5 Å². The molecule has 2 aromatic carbocycles. The Hall–Kier alpha value is -3.31. The second-order valence-corrected chi connectivity index (χ2v) is 9.52. The lowest BCUT2D eigenvalue weighted by Crippen LogP contribution is -2.31. The number of nitrogens with zero attached hydrogens (tertiary/aromatic N) is 1. The Balaban J connectivity index is 1.61. The molecule has 0 aliphatic carbocycles. The first-order chi connectivity index (χ1) is 16.3. The second kappa shape index (κ2) is 11.7. The summed E-state index contributed by atoms with van der Waals surface area (Å²) in [4.78, 5) is 24.9. The van der Waals surface area contributed by atoms with Gasteiger partial charge in [0.15, 0.2) is 11.5 Å². The van der Waals surface area contributed by atoms with E-state index in [0.717, 1.165) is 6.26 Å². The van der Waals surface area contributed by atoms with E-state index in [1.165, 1.54) is 4.31 Å². The average molecular weight is 492 g/mol. The zero-order valence-corrected chi connectivity index (χ0v) is 20.0. The van der Waals surface area contributed by atoms with E-state index in [-0.39, 0.29) is 31.2 Å². The van der Waals surface area contributed by atoms with Crippen LogP contribution in [0.25, 0.3) is 0 Å². The van der Waals surface area contributed by atoms with Crippen molar-refractivity contribution in [1.29, 1.82) is 0 Å². The van der Waals surface area contributed by atoms with Gasteiger partial charge in [0.1, 0.15) is 13.2 Å². The van der Waals surface area contributed by atoms with E-state index in [1.807, 2.05) is 0 Å². The molecule has 1 aliphatic heterocycles. The van der Waals surface area contributed by atoms with Gasteiger partial charge in [-0.1, -0.05) is 12.1 Å². The number of nitrogens with one attached hydrogen (secondary N) is 2. The number of anilines is 2. The molecule has 0 radical (unpaired) electrons. The molecule has 2 amide bonds. The van der Waals surface area contributed by atoms with Crippen LogP contribution in [0.1, 0.15) is 23.2 Å². The van der Waals surface area contributed by atoms with Crippen LogP contribution >= 0.6 is 0 Å². The molecule has 0 atom stereocenters. The smallest absolute Gasteiger partial charge is 0.253 e. The number of sulfonamides is 1. The zero-order chi connectivity index (χ0) is 24.6. The fourth-order valence-electron chi connectivity index (χ4n) is 3.42. The van der Waals surface area contributed by atoms with Crippen molar-refractivity contribution >= 4 is 33.2 Å². The van der Waals surface area contributed by atoms with Gasteiger partial charge in [0, 0.05) is 32.7 Å². The summed E-state index contributed by atoms with van der Waals surface area (Å²) in [5.41, 5.74) is 1.15. The lowest BCUT2D eigenvalue weighted by molar-refractivity contribution is -0.116. The maximum absolute atomic E-state index is 12.5. The van der Waals surface area contributed by atoms with Crippen molar-refractivity contribution < 1.29 is 32.2 Å². The Kier molecular flexibility index (Phi) is 8.72. The molecule has 0 unspecified atom stereocenters. The fourth-order valence-corrected chi connectivity index (χ4v) is 4.38. The Morgan fingerprint density at radius 1 is 1.09 bits per heavy atom. The molecule has 0 fully saturated rings. The summed E-state index contributed by atoms with van der Waals surface area (Å²) in [6.45, 7) is 1.65. The van der Waals surface area contributed by atoms with Gasteiger partial charge in [0.2, 0.25) is 15.9 Å². The van der Waals surface area contributed by atoms with Crippen LogP contribution in [0, 0.1) is 0 Å². The third kappa shape index (κ3) is 6.84. The van der Waals surface area contributed by atoms with Crippen LogP contribution in [0.5, 0.6) is 11.5 Å². The number of carbonyl (C=O) groups excluding carboxylic acids is 2. The highest BCUT2D eigenvalue weighted by atomic mass is 32.2. The molecule has 184 valence electrons. The molecule has 11 heteroatoms. The van der Waals surface area contributed by atoms with E-state index < -0.39 is 10.0 Å². The molecule has 2 N–H and O–H groups in total. The number of carbonyl (C=O) groups is 2. The third-order valence-electron chi connectivity index (χ3n) is 5.02. The molecule has 3 rings (SSSR count). The largest absolute Gasteiger partial charge is 0.486 e. The Bertz CT molecular complexity index is 1120. The Morgan fingerprint density at radius 2 is 1.82 bits per heavy atom. The van der Waals surface area contributed by atoms with E-state index in [2.05, 4.69) is 10.6 Å². The molecule has 10 nitrogen and oxygen atoms in total. The van der Waals surface area contributed by atoms with Crippen molar-refractivity contribution in [2.24, 2.45) is 0 Å². The molecular formula is C23H29N3O7S. The first kappa shape index (κ1) is 25.3. The van der Waals surface area contributed by atoms with Gasteiger partial charge >= 0.3 is 0 Å². The number of benzene rings is 2. The van der Waals surface area contributed by atoms with Crippen molar-refractivity contribution in [3.8, 4) is 11.5 Å². The summed E-state index contributed by atoms with van der Waals surface area (Å²) in [6, 6.07) is 11.6. The van der Waals surface area contributed by atoms with Crippen LogP contribution in [0.3, 0.4) is 0 Å².